The molecule has 0 spiro atoms. The van der Waals surface area contributed by atoms with Gasteiger partial charge < -0.3 is 4.74 Å². The van der Waals surface area contributed by atoms with E-state index >= 15 is 0 Å². The first-order chi connectivity index (χ1) is 9.17. The molecule has 0 saturated carbocycles. The lowest BCUT2D eigenvalue weighted by Crippen LogP contribution is -2.28. The average Bonchev–Trinajstić information content (AvgIpc) is 2.44. The summed E-state index contributed by atoms with van der Waals surface area (Å²) in [4.78, 5) is 23.2. The number of hydrogen-bond donors (Lipinski definition) is 0. The van der Waals surface area contributed by atoms with Gasteiger partial charge in [-0.05, 0) is 18.9 Å². The lowest BCUT2D eigenvalue weighted by molar-refractivity contribution is -0.110. The highest BCUT2D eigenvalue weighted by Crippen LogP contribution is 2.16. The fourth-order valence-corrected chi connectivity index (χ4v) is 2.12. The molecule has 0 heterocycles. The van der Waals surface area contributed by atoms with Crippen molar-refractivity contribution in [3.8, 4) is 0 Å². The summed E-state index contributed by atoms with van der Waals surface area (Å²) >= 11 is 0.932. The minimum atomic E-state index is -0.453. The van der Waals surface area contributed by atoms with Gasteiger partial charge in [0.25, 0.3) is 0 Å². The number of rotatable bonds is 5. The van der Waals surface area contributed by atoms with E-state index in [-0.39, 0.29) is 5.12 Å². The smallest absolute Gasteiger partial charge is 0.420 e. The van der Waals surface area contributed by atoms with E-state index in [1.165, 1.54) is 4.31 Å². The summed E-state index contributed by atoms with van der Waals surface area (Å²) < 4.78 is 6.34. The average molecular weight is 281 g/mol. The molecule has 0 aliphatic carbocycles. The van der Waals surface area contributed by atoms with Crippen molar-refractivity contribution in [2.24, 2.45) is 0 Å². The normalized spacial score (nSPS) is 10.0. The maximum Gasteiger partial charge on any atom is 0.420 e. The standard InChI is InChI=1S/C14H19NO3S/c1-3-13(16)19-15(14(17)18-4-2)11-10-12-8-6-5-7-9-12/h5-9H,3-4,10-11H2,1-2H3. The number of hydrogen-bond acceptors (Lipinski definition) is 4. The minimum Gasteiger partial charge on any atom is -0.449 e. The van der Waals surface area contributed by atoms with Gasteiger partial charge >= 0.3 is 6.09 Å². The molecule has 4 nitrogen and oxygen atoms in total. The zero-order valence-corrected chi connectivity index (χ0v) is 12.1. The molecule has 5 heteroatoms. The third-order valence-electron chi connectivity index (χ3n) is 2.42. The number of benzene rings is 1. The van der Waals surface area contributed by atoms with Crippen molar-refractivity contribution < 1.29 is 14.3 Å². The summed E-state index contributed by atoms with van der Waals surface area (Å²) in [6, 6.07) is 9.84. The van der Waals surface area contributed by atoms with Crippen LogP contribution < -0.4 is 0 Å². The van der Waals surface area contributed by atoms with Crippen LogP contribution in [0.15, 0.2) is 30.3 Å². The van der Waals surface area contributed by atoms with Crippen LogP contribution in [0.4, 0.5) is 4.79 Å². The number of ether oxygens (including phenoxy) is 1. The Hall–Kier alpha value is -1.49. The van der Waals surface area contributed by atoms with Crippen LogP contribution in [0.1, 0.15) is 25.8 Å². The van der Waals surface area contributed by atoms with Gasteiger partial charge in [0.15, 0.2) is 0 Å². The Morgan fingerprint density at radius 2 is 1.89 bits per heavy atom. The molecule has 19 heavy (non-hydrogen) atoms. The summed E-state index contributed by atoms with van der Waals surface area (Å²) in [6.07, 6.45) is 0.639. The predicted molar refractivity (Wildman–Crippen MR) is 76.8 cm³/mol. The highest BCUT2D eigenvalue weighted by atomic mass is 32.2. The van der Waals surface area contributed by atoms with Crippen LogP contribution in [0, 0.1) is 0 Å². The van der Waals surface area contributed by atoms with Gasteiger partial charge in [-0.25, -0.2) is 9.10 Å². The molecule has 0 fully saturated rings. The monoisotopic (exact) mass is 281 g/mol. The van der Waals surface area contributed by atoms with Crippen LogP contribution in [-0.2, 0) is 16.0 Å². The second-order valence-electron chi connectivity index (χ2n) is 3.85. The number of carbonyl (C=O) groups excluding carboxylic acids is 2. The first kappa shape index (κ1) is 15.6. The molecule has 1 aromatic rings. The van der Waals surface area contributed by atoms with E-state index in [0.717, 1.165) is 17.5 Å². The van der Waals surface area contributed by atoms with E-state index in [0.29, 0.717) is 26.0 Å². The molecule has 104 valence electrons. The molecule has 1 aromatic carbocycles. The van der Waals surface area contributed by atoms with Crippen LogP contribution in [0.2, 0.25) is 0 Å². The van der Waals surface area contributed by atoms with Gasteiger partial charge in [0.2, 0.25) is 5.12 Å². The van der Waals surface area contributed by atoms with Crippen LogP contribution in [0.25, 0.3) is 0 Å². The van der Waals surface area contributed by atoms with E-state index in [4.69, 9.17) is 4.74 Å². The van der Waals surface area contributed by atoms with E-state index in [2.05, 4.69) is 0 Å². The van der Waals surface area contributed by atoms with Crippen molar-refractivity contribution in [1.82, 2.24) is 4.31 Å². The highest BCUT2D eigenvalue weighted by molar-refractivity contribution is 8.12. The van der Waals surface area contributed by atoms with Gasteiger partial charge in [0.05, 0.1) is 6.61 Å². The topological polar surface area (TPSA) is 46.6 Å². The molecule has 1 amide bonds. The first-order valence-electron chi connectivity index (χ1n) is 6.36. The summed E-state index contributed by atoms with van der Waals surface area (Å²) in [5.74, 6) is 0. The van der Waals surface area contributed by atoms with Crippen molar-refractivity contribution in [1.29, 1.82) is 0 Å². The lowest BCUT2D eigenvalue weighted by atomic mass is 10.1. The number of amides is 1. The summed E-state index contributed by atoms with van der Waals surface area (Å²) in [6.45, 7) is 4.29. The molecule has 0 radical (unpaired) electrons. The molecular weight excluding hydrogens is 262 g/mol. The number of carbonyl (C=O) groups is 2. The fraction of sp³-hybridized carbons (Fsp3) is 0.429. The Bertz CT molecular complexity index is 408. The van der Waals surface area contributed by atoms with Crippen molar-refractivity contribution in [2.75, 3.05) is 13.2 Å². The van der Waals surface area contributed by atoms with E-state index in [1.54, 1.807) is 13.8 Å². The zero-order valence-electron chi connectivity index (χ0n) is 11.3. The van der Waals surface area contributed by atoms with Gasteiger partial charge in [0, 0.05) is 24.9 Å². The van der Waals surface area contributed by atoms with Gasteiger partial charge in [0.1, 0.15) is 0 Å². The Labute approximate surface area is 118 Å². The van der Waals surface area contributed by atoms with Gasteiger partial charge in [-0.2, -0.15) is 0 Å². The minimum absolute atomic E-state index is 0.0406. The van der Waals surface area contributed by atoms with Crippen LogP contribution in [0.5, 0.6) is 0 Å². The van der Waals surface area contributed by atoms with Gasteiger partial charge in [-0.15, -0.1) is 0 Å². The maximum atomic E-state index is 11.7. The molecule has 0 atom stereocenters. The third-order valence-corrected chi connectivity index (χ3v) is 3.46. The third kappa shape index (κ3) is 5.79. The Morgan fingerprint density at radius 3 is 2.47 bits per heavy atom. The fourth-order valence-electron chi connectivity index (χ4n) is 1.43. The largest absolute Gasteiger partial charge is 0.449 e. The van der Waals surface area contributed by atoms with Crippen molar-refractivity contribution in [2.45, 2.75) is 26.7 Å². The van der Waals surface area contributed by atoms with Crippen LogP contribution in [-0.4, -0.2) is 28.7 Å². The van der Waals surface area contributed by atoms with E-state index < -0.39 is 6.09 Å². The molecule has 1 rings (SSSR count). The lowest BCUT2D eigenvalue weighted by Gasteiger charge is -2.19. The summed E-state index contributed by atoms with van der Waals surface area (Å²) in [5.41, 5.74) is 1.13. The molecule has 0 saturated heterocycles. The quantitative estimate of drug-likeness (QED) is 0.777. The maximum absolute atomic E-state index is 11.7. The SMILES string of the molecule is CCOC(=O)N(CCc1ccccc1)SC(=O)CC. The zero-order chi connectivity index (χ0) is 14.1. The van der Waals surface area contributed by atoms with Gasteiger partial charge in [-0.3, -0.25) is 4.79 Å². The summed E-state index contributed by atoms with van der Waals surface area (Å²) in [5, 5.41) is -0.0406. The molecule has 0 N–H and O–H groups in total. The van der Waals surface area contributed by atoms with E-state index in [9.17, 15) is 9.59 Å². The Morgan fingerprint density at radius 1 is 1.21 bits per heavy atom. The molecule has 0 aliphatic heterocycles. The molecule has 0 unspecified atom stereocenters. The predicted octanol–water partition coefficient (Wildman–Crippen LogP) is 3.27. The van der Waals surface area contributed by atoms with Gasteiger partial charge in [-0.1, -0.05) is 37.3 Å². The molecule has 0 aliphatic rings. The second-order valence-corrected chi connectivity index (χ2v) is 4.93. The van der Waals surface area contributed by atoms with Crippen molar-refractivity contribution in [3.05, 3.63) is 35.9 Å². The Balaban J connectivity index is 2.58. The Kier molecular flexibility index (Phi) is 7.03. The number of nitrogens with zero attached hydrogens (tertiary/aromatic N) is 1. The van der Waals surface area contributed by atoms with Crippen LogP contribution >= 0.6 is 11.9 Å². The van der Waals surface area contributed by atoms with Crippen molar-refractivity contribution >= 4 is 23.2 Å². The first-order valence-corrected chi connectivity index (χ1v) is 7.13. The van der Waals surface area contributed by atoms with E-state index in [1.807, 2.05) is 30.3 Å². The van der Waals surface area contributed by atoms with Crippen molar-refractivity contribution in [3.63, 3.8) is 0 Å². The molecule has 0 bridgehead atoms. The highest BCUT2D eigenvalue weighted by Gasteiger charge is 2.18. The molecule has 0 aromatic heterocycles. The van der Waals surface area contributed by atoms with Crippen LogP contribution in [0.3, 0.4) is 0 Å². The molecular formula is C14H19NO3S. The summed E-state index contributed by atoms with van der Waals surface area (Å²) in [7, 11) is 0. The second kappa shape index (κ2) is 8.58.